The van der Waals surface area contributed by atoms with E-state index >= 15 is 0 Å². The molecule has 0 aliphatic carbocycles. The quantitative estimate of drug-likeness (QED) is 0.517. The SMILES string of the molecule is C=Nc1c(F)cccc1SCC. The number of thioether (sulfide) groups is 1. The highest BCUT2D eigenvalue weighted by Gasteiger charge is 2.04. The largest absolute Gasteiger partial charge is 0.260 e. The summed E-state index contributed by atoms with van der Waals surface area (Å²) in [6.45, 7) is 5.35. The van der Waals surface area contributed by atoms with Gasteiger partial charge < -0.3 is 0 Å². The van der Waals surface area contributed by atoms with Gasteiger partial charge in [0, 0.05) is 4.90 Å². The highest BCUT2D eigenvalue weighted by atomic mass is 32.2. The number of para-hydroxylation sites is 1. The Balaban J connectivity index is 3.09. The predicted molar refractivity (Wildman–Crippen MR) is 52.0 cm³/mol. The van der Waals surface area contributed by atoms with Gasteiger partial charge in [-0.15, -0.1) is 11.8 Å². The third kappa shape index (κ3) is 1.85. The van der Waals surface area contributed by atoms with Gasteiger partial charge in [-0.05, 0) is 24.6 Å². The van der Waals surface area contributed by atoms with Crippen LogP contribution in [0.2, 0.25) is 0 Å². The predicted octanol–water partition coefficient (Wildman–Crippen LogP) is 3.27. The van der Waals surface area contributed by atoms with E-state index in [0.717, 1.165) is 10.6 Å². The lowest BCUT2D eigenvalue weighted by atomic mass is 10.3. The minimum Gasteiger partial charge on any atom is -0.260 e. The number of hydrogen-bond acceptors (Lipinski definition) is 2. The molecule has 0 spiro atoms. The molecule has 12 heavy (non-hydrogen) atoms. The summed E-state index contributed by atoms with van der Waals surface area (Å²) in [4.78, 5) is 4.50. The van der Waals surface area contributed by atoms with Crippen LogP contribution in [0.1, 0.15) is 6.92 Å². The van der Waals surface area contributed by atoms with Gasteiger partial charge in [0.05, 0.1) is 0 Å². The number of nitrogens with zero attached hydrogens (tertiary/aromatic N) is 1. The van der Waals surface area contributed by atoms with Gasteiger partial charge in [0.2, 0.25) is 0 Å². The zero-order valence-corrected chi connectivity index (χ0v) is 7.70. The van der Waals surface area contributed by atoms with E-state index in [9.17, 15) is 4.39 Å². The number of hydrogen-bond donors (Lipinski definition) is 0. The molecule has 0 aliphatic heterocycles. The molecule has 0 unspecified atom stereocenters. The highest BCUT2D eigenvalue weighted by molar-refractivity contribution is 7.99. The first kappa shape index (κ1) is 9.26. The summed E-state index contributed by atoms with van der Waals surface area (Å²) in [5.41, 5.74) is 0.365. The molecular weight excluding hydrogens is 173 g/mol. The number of halogens is 1. The lowest BCUT2D eigenvalue weighted by Gasteiger charge is -2.02. The Bertz CT molecular complexity index is 286. The maximum absolute atomic E-state index is 13.0. The standard InChI is InChI=1S/C9H10FNS/c1-3-12-8-6-4-5-7(10)9(8)11-2/h4-6H,2-3H2,1H3. The number of benzene rings is 1. The van der Waals surface area contributed by atoms with Crippen molar-refractivity contribution in [2.75, 3.05) is 5.75 Å². The fourth-order valence-electron chi connectivity index (χ4n) is 0.921. The molecule has 0 aliphatic rings. The third-order valence-corrected chi connectivity index (χ3v) is 2.34. The Labute approximate surface area is 75.7 Å². The second-order valence-electron chi connectivity index (χ2n) is 2.18. The molecule has 0 atom stereocenters. The molecule has 0 saturated heterocycles. The van der Waals surface area contributed by atoms with Crippen LogP contribution in [0.15, 0.2) is 28.1 Å². The number of aliphatic imine (C=N–C) groups is 1. The van der Waals surface area contributed by atoms with Gasteiger partial charge in [-0.1, -0.05) is 13.0 Å². The third-order valence-electron chi connectivity index (χ3n) is 1.41. The van der Waals surface area contributed by atoms with E-state index in [2.05, 4.69) is 11.7 Å². The van der Waals surface area contributed by atoms with E-state index in [4.69, 9.17) is 0 Å². The van der Waals surface area contributed by atoms with Crippen LogP contribution in [-0.2, 0) is 0 Å². The molecule has 0 heterocycles. The topological polar surface area (TPSA) is 12.4 Å². The fraction of sp³-hybridized carbons (Fsp3) is 0.222. The van der Waals surface area contributed by atoms with Crippen LogP contribution in [0, 0.1) is 5.82 Å². The van der Waals surface area contributed by atoms with Gasteiger partial charge >= 0.3 is 0 Å². The van der Waals surface area contributed by atoms with Crippen LogP contribution in [0.25, 0.3) is 0 Å². The van der Waals surface area contributed by atoms with Gasteiger partial charge in [-0.25, -0.2) is 4.39 Å². The minimum atomic E-state index is -0.302. The molecule has 0 amide bonds. The van der Waals surface area contributed by atoms with Crippen LogP contribution in [0.5, 0.6) is 0 Å². The Kier molecular flexibility index (Phi) is 3.29. The van der Waals surface area contributed by atoms with Crippen LogP contribution in [0.3, 0.4) is 0 Å². The summed E-state index contributed by atoms with van der Waals surface area (Å²) in [6, 6.07) is 4.92. The van der Waals surface area contributed by atoms with E-state index in [1.54, 1.807) is 17.8 Å². The lowest BCUT2D eigenvalue weighted by molar-refractivity contribution is 0.627. The fourth-order valence-corrected chi connectivity index (χ4v) is 1.71. The molecule has 1 aromatic carbocycles. The first-order valence-electron chi connectivity index (χ1n) is 3.67. The van der Waals surface area contributed by atoms with E-state index < -0.39 is 0 Å². The second kappa shape index (κ2) is 4.26. The normalized spacial score (nSPS) is 9.83. The second-order valence-corrected chi connectivity index (χ2v) is 3.48. The van der Waals surface area contributed by atoms with E-state index in [1.165, 1.54) is 6.07 Å². The zero-order chi connectivity index (χ0) is 8.97. The molecule has 1 nitrogen and oxygen atoms in total. The Morgan fingerprint density at radius 2 is 2.33 bits per heavy atom. The lowest BCUT2D eigenvalue weighted by Crippen LogP contribution is -1.79. The average molecular weight is 183 g/mol. The molecular formula is C9H10FNS. The Hall–Kier alpha value is -0.830. The highest BCUT2D eigenvalue weighted by Crippen LogP contribution is 2.31. The van der Waals surface area contributed by atoms with E-state index in [0.29, 0.717) is 5.69 Å². The van der Waals surface area contributed by atoms with Crippen molar-refractivity contribution < 1.29 is 4.39 Å². The van der Waals surface area contributed by atoms with Crippen molar-refractivity contribution in [1.29, 1.82) is 0 Å². The van der Waals surface area contributed by atoms with Crippen LogP contribution < -0.4 is 0 Å². The summed E-state index contributed by atoms with van der Waals surface area (Å²) in [5.74, 6) is 0.606. The molecule has 1 aromatic rings. The van der Waals surface area contributed by atoms with Gasteiger partial charge in [0.1, 0.15) is 11.5 Å². The summed E-state index contributed by atoms with van der Waals surface area (Å²) in [7, 11) is 0. The van der Waals surface area contributed by atoms with E-state index in [-0.39, 0.29) is 5.82 Å². The summed E-state index contributed by atoms with van der Waals surface area (Å²) < 4.78 is 13.0. The van der Waals surface area contributed by atoms with Crippen molar-refractivity contribution in [1.82, 2.24) is 0 Å². The van der Waals surface area contributed by atoms with Crippen molar-refractivity contribution in [2.24, 2.45) is 4.99 Å². The Morgan fingerprint density at radius 3 is 2.92 bits per heavy atom. The maximum atomic E-state index is 13.0. The summed E-state index contributed by atoms with van der Waals surface area (Å²) >= 11 is 1.57. The number of rotatable bonds is 3. The van der Waals surface area contributed by atoms with Crippen molar-refractivity contribution >= 4 is 24.2 Å². The van der Waals surface area contributed by atoms with Gasteiger partial charge in [-0.3, -0.25) is 4.99 Å². The molecule has 0 radical (unpaired) electrons. The van der Waals surface area contributed by atoms with Crippen LogP contribution in [0.4, 0.5) is 10.1 Å². The molecule has 0 fully saturated rings. The smallest absolute Gasteiger partial charge is 0.149 e. The van der Waals surface area contributed by atoms with Crippen LogP contribution in [-0.4, -0.2) is 12.5 Å². The first-order valence-corrected chi connectivity index (χ1v) is 4.66. The van der Waals surface area contributed by atoms with Crippen molar-refractivity contribution in [2.45, 2.75) is 11.8 Å². The monoisotopic (exact) mass is 183 g/mol. The molecule has 0 aromatic heterocycles. The summed E-state index contributed by atoms with van der Waals surface area (Å²) in [6.07, 6.45) is 0. The van der Waals surface area contributed by atoms with Gasteiger partial charge in [0.15, 0.2) is 0 Å². The average Bonchev–Trinajstić information content (AvgIpc) is 2.05. The molecule has 3 heteroatoms. The molecule has 0 N–H and O–H groups in total. The Morgan fingerprint density at radius 1 is 1.58 bits per heavy atom. The molecule has 64 valence electrons. The van der Waals surface area contributed by atoms with E-state index in [1.807, 2.05) is 13.0 Å². The van der Waals surface area contributed by atoms with Crippen LogP contribution >= 0.6 is 11.8 Å². The first-order chi connectivity index (χ1) is 5.79. The molecule has 1 rings (SSSR count). The van der Waals surface area contributed by atoms with Gasteiger partial charge in [0.25, 0.3) is 0 Å². The van der Waals surface area contributed by atoms with Crippen molar-refractivity contribution in [3.63, 3.8) is 0 Å². The minimum absolute atomic E-state index is 0.302. The molecule has 0 saturated carbocycles. The van der Waals surface area contributed by atoms with Crippen molar-refractivity contribution in [3.8, 4) is 0 Å². The van der Waals surface area contributed by atoms with Crippen molar-refractivity contribution in [3.05, 3.63) is 24.0 Å². The molecule has 0 bridgehead atoms. The summed E-state index contributed by atoms with van der Waals surface area (Å²) in [5, 5.41) is 0. The van der Waals surface area contributed by atoms with Gasteiger partial charge in [-0.2, -0.15) is 0 Å². The zero-order valence-electron chi connectivity index (χ0n) is 6.88. The maximum Gasteiger partial charge on any atom is 0.149 e.